The fourth-order valence-electron chi connectivity index (χ4n) is 2.15. The molecule has 0 spiro atoms. The summed E-state index contributed by atoms with van der Waals surface area (Å²) in [5.74, 6) is -1.12. The van der Waals surface area contributed by atoms with Gasteiger partial charge in [0.2, 0.25) is 0 Å². The van der Waals surface area contributed by atoms with Gasteiger partial charge in [0, 0.05) is 12.5 Å². The first-order valence-corrected chi connectivity index (χ1v) is 5.56. The lowest BCUT2D eigenvalue weighted by Crippen LogP contribution is -2.61. The molecule has 0 bridgehead atoms. The summed E-state index contributed by atoms with van der Waals surface area (Å²) >= 11 is 0. The quantitative estimate of drug-likeness (QED) is 0.372. The fraction of sp³-hybridized carbons (Fsp3) is 0.889. The number of carbonyl (C=O) groups is 1. The first-order valence-electron chi connectivity index (χ1n) is 5.56. The normalized spacial score (nSPS) is 30.1. The number of aliphatic carboxylic acids is 1. The van der Waals surface area contributed by atoms with Crippen molar-refractivity contribution in [1.29, 1.82) is 0 Å². The van der Waals surface area contributed by atoms with E-state index in [4.69, 9.17) is 20.9 Å². The molecule has 0 amide bonds. The molecule has 2 atom stereocenters. The van der Waals surface area contributed by atoms with Crippen LogP contribution in [0.2, 0.25) is 6.32 Å². The summed E-state index contributed by atoms with van der Waals surface area (Å²) in [6.45, 7) is 1.19. The van der Waals surface area contributed by atoms with Crippen LogP contribution in [-0.2, 0) is 4.79 Å². The smallest absolute Gasteiger partial charge is 0.451 e. The molecule has 1 saturated heterocycles. The van der Waals surface area contributed by atoms with E-state index < -0.39 is 18.6 Å². The Balaban J connectivity index is 2.51. The number of nitrogens with two attached hydrogens (primary N) is 1. The molecule has 2 unspecified atom stereocenters. The Morgan fingerprint density at radius 3 is 2.81 bits per heavy atom. The second-order valence-corrected chi connectivity index (χ2v) is 4.41. The van der Waals surface area contributed by atoms with Gasteiger partial charge in [-0.1, -0.05) is 6.42 Å². The SMILES string of the molecule is NC1(C(=O)O)CCNCC1CCCB(O)O. The van der Waals surface area contributed by atoms with Crippen molar-refractivity contribution in [3.63, 3.8) is 0 Å². The molecular weight excluding hydrogens is 211 g/mol. The summed E-state index contributed by atoms with van der Waals surface area (Å²) < 4.78 is 0. The number of piperidine rings is 1. The molecule has 0 aromatic carbocycles. The maximum Gasteiger partial charge on any atom is 0.451 e. The Morgan fingerprint density at radius 1 is 1.56 bits per heavy atom. The topological polar surface area (TPSA) is 116 Å². The summed E-state index contributed by atoms with van der Waals surface area (Å²) in [4.78, 5) is 11.1. The predicted octanol–water partition coefficient (Wildman–Crippen LogP) is -1.37. The van der Waals surface area contributed by atoms with Gasteiger partial charge in [-0.25, -0.2) is 0 Å². The highest BCUT2D eigenvalue weighted by Gasteiger charge is 2.43. The van der Waals surface area contributed by atoms with Crippen molar-refractivity contribution in [3.05, 3.63) is 0 Å². The van der Waals surface area contributed by atoms with Crippen molar-refractivity contribution in [3.8, 4) is 0 Å². The molecule has 6 nitrogen and oxygen atoms in total. The largest absolute Gasteiger partial charge is 0.480 e. The third kappa shape index (κ3) is 3.18. The van der Waals surface area contributed by atoms with Crippen LogP contribution in [0, 0.1) is 5.92 Å². The predicted molar refractivity (Wildman–Crippen MR) is 59.8 cm³/mol. The van der Waals surface area contributed by atoms with E-state index in [9.17, 15) is 4.79 Å². The minimum atomic E-state index is -1.33. The molecule has 1 rings (SSSR count). The summed E-state index contributed by atoms with van der Waals surface area (Å²) in [7, 11) is -1.33. The van der Waals surface area contributed by atoms with Gasteiger partial charge in [-0.2, -0.15) is 0 Å². The molecule has 1 fully saturated rings. The minimum absolute atomic E-state index is 0.155. The van der Waals surface area contributed by atoms with Gasteiger partial charge in [0.25, 0.3) is 0 Å². The van der Waals surface area contributed by atoms with Gasteiger partial charge in [0.15, 0.2) is 0 Å². The van der Waals surface area contributed by atoms with Crippen LogP contribution in [0.25, 0.3) is 0 Å². The number of hydrogen-bond donors (Lipinski definition) is 5. The van der Waals surface area contributed by atoms with Crippen molar-refractivity contribution in [2.75, 3.05) is 13.1 Å². The molecule has 0 saturated carbocycles. The van der Waals surface area contributed by atoms with Crippen LogP contribution in [0.3, 0.4) is 0 Å². The highest BCUT2D eigenvalue weighted by Crippen LogP contribution is 2.27. The summed E-state index contributed by atoms with van der Waals surface area (Å²) in [6, 6.07) is 0. The Morgan fingerprint density at radius 2 is 2.25 bits per heavy atom. The van der Waals surface area contributed by atoms with Crippen molar-refractivity contribution < 1.29 is 19.9 Å². The first-order chi connectivity index (χ1) is 7.47. The van der Waals surface area contributed by atoms with Crippen molar-refractivity contribution >= 4 is 13.1 Å². The molecule has 92 valence electrons. The molecule has 0 aromatic heterocycles. The molecule has 16 heavy (non-hydrogen) atoms. The van der Waals surface area contributed by atoms with Crippen LogP contribution < -0.4 is 11.1 Å². The Kier molecular flexibility index (Phi) is 4.73. The summed E-state index contributed by atoms with van der Waals surface area (Å²) in [5.41, 5.74) is 4.72. The molecular formula is C9H19BN2O4. The second-order valence-electron chi connectivity index (χ2n) is 4.41. The average Bonchev–Trinajstić information content (AvgIpc) is 2.20. The van der Waals surface area contributed by atoms with E-state index in [-0.39, 0.29) is 12.2 Å². The highest BCUT2D eigenvalue weighted by molar-refractivity contribution is 6.40. The number of rotatable bonds is 5. The molecule has 1 aliphatic heterocycles. The lowest BCUT2D eigenvalue weighted by atomic mass is 9.74. The van der Waals surface area contributed by atoms with Crippen LogP contribution in [0.4, 0.5) is 0 Å². The van der Waals surface area contributed by atoms with Gasteiger partial charge in [-0.3, -0.25) is 4.79 Å². The van der Waals surface area contributed by atoms with Gasteiger partial charge < -0.3 is 26.2 Å². The molecule has 0 aromatic rings. The third-order valence-corrected chi connectivity index (χ3v) is 3.25. The van der Waals surface area contributed by atoms with E-state index in [1.807, 2.05) is 0 Å². The monoisotopic (exact) mass is 230 g/mol. The summed E-state index contributed by atoms with van der Waals surface area (Å²) in [6.07, 6.45) is 1.82. The first kappa shape index (κ1) is 13.4. The highest BCUT2D eigenvalue weighted by atomic mass is 16.4. The molecule has 0 radical (unpaired) electrons. The molecule has 1 aliphatic rings. The maximum atomic E-state index is 11.1. The zero-order chi connectivity index (χ0) is 12.2. The van der Waals surface area contributed by atoms with Crippen LogP contribution in [0.5, 0.6) is 0 Å². The van der Waals surface area contributed by atoms with Crippen LogP contribution in [0.15, 0.2) is 0 Å². The average molecular weight is 230 g/mol. The van der Waals surface area contributed by atoms with E-state index >= 15 is 0 Å². The molecule has 1 heterocycles. The number of nitrogens with one attached hydrogen (secondary N) is 1. The van der Waals surface area contributed by atoms with Crippen LogP contribution in [0.1, 0.15) is 19.3 Å². The number of carboxylic acid groups (broad SMARTS) is 1. The minimum Gasteiger partial charge on any atom is -0.480 e. The van der Waals surface area contributed by atoms with Gasteiger partial charge >= 0.3 is 13.1 Å². The van der Waals surface area contributed by atoms with E-state index in [2.05, 4.69) is 5.32 Å². The van der Waals surface area contributed by atoms with E-state index in [0.717, 1.165) is 0 Å². The third-order valence-electron chi connectivity index (χ3n) is 3.25. The number of hydrogen-bond acceptors (Lipinski definition) is 5. The van der Waals surface area contributed by atoms with Crippen LogP contribution in [-0.4, -0.2) is 46.9 Å². The molecule has 6 N–H and O–H groups in total. The van der Waals surface area contributed by atoms with Crippen molar-refractivity contribution in [1.82, 2.24) is 5.32 Å². The second kappa shape index (κ2) is 5.63. The van der Waals surface area contributed by atoms with Gasteiger partial charge in [0.05, 0.1) is 0 Å². The maximum absolute atomic E-state index is 11.1. The van der Waals surface area contributed by atoms with E-state index in [1.165, 1.54) is 0 Å². The van der Waals surface area contributed by atoms with Gasteiger partial charge in [0.1, 0.15) is 5.54 Å². The van der Waals surface area contributed by atoms with E-state index in [0.29, 0.717) is 32.4 Å². The molecule has 0 aliphatic carbocycles. The van der Waals surface area contributed by atoms with Gasteiger partial charge in [-0.15, -0.1) is 0 Å². The van der Waals surface area contributed by atoms with E-state index in [1.54, 1.807) is 0 Å². The fourth-order valence-corrected chi connectivity index (χ4v) is 2.15. The summed E-state index contributed by atoms with van der Waals surface area (Å²) in [5, 5.41) is 29.7. The standard InChI is InChI=1S/C9H19BN2O4/c11-9(8(13)14)3-5-12-6-7(9)2-1-4-10(15)16/h7,12,15-16H,1-6,11H2,(H,13,14). The zero-order valence-electron chi connectivity index (χ0n) is 9.22. The van der Waals surface area contributed by atoms with Crippen LogP contribution >= 0.6 is 0 Å². The molecule has 7 heteroatoms. The Hall–Kier alpha value is -0.625. The van der Waals surface area contributed by atoms with Crippen molar-refractivity contribution in [2.45, 2.75) is 31.1 Å². The zero-order valence-corrected chi connectivity index (χ0v) is 9.22. The Bertz CT molecular complexity index is 252. The number of carboxylic acids is 1. The van der Waals surface area contributed by atoms with Crippen molar-refractivity contribution in [2.24, 2.45) is 11.7 Å². The Labute approximate surface area is 95.0 Å². The lowest BCUT2D eigenvalue weighted by molar-refractivity contribution is -0.146. The lowest BCUT2D eigenvalue weighted by Gasteiger charge is -2.38. The van der Waals surface area contributed by atoms with Gasteiger partial charge in [-0.05, 0) is 25.7 Å².